The van der Waals surface area contributed by atoms with Crippen LogP contribution in [0, 0.1) is 0 Å². The lowest BCUT2D eigenvalue weighted by Gasteiger charge is -2.10. The van der Waals surface area contributed by atoms with Gasteiger partial charge in [0.2, 0.25) is 5.91 Å². The molecule has 0 aliphatic heterocycles. The number of benzene rings is 2. The van der Waals surface area contributed by atoms with Crippen LogP contribution in [0.15, 0.2) is 59.8 Å². The molecule has 1 aromatic heterocycles. The highest BCUT2D eigenvalue weighted by atomic mass is 32.2. The van der Waals surface area contributed by atoms with Crippen molar-refractivity contribution in [2.75, 3.05) is 12.9 Å². The normalized spacial score (nSPS) is 13.3. The summed E-state index contributed by atoms with van der Waals surface area (Å²) in [6, 6.07) is 18.0. The van der Waals surface area contributed by atoms with Crippen LogP contribution in [0.25, 0.3) is 0 Å². The molecule has 1 aliphatic carbocycles. The van der Waals surface area contributed by atoms with E-state index < -0.39 is 0 Å². The fourth-order valence-electron chi connectivity index (χ4n) is 3.13. The van der Waals surface area contributed by atoms with Gasteiger partial charge in [0.25, 0.3) is 0 Å². The van der Waals surface area contributed by atoms with Crippen molar-refractivity contribution in [3.8, 4) is 5.75 Å². The van der Waals surface area contributed by atoms with E-state index in [-0.39, 0.29) is 5.91 Å². The molecule has 0 radical (unpaired) electrons. The van der Waals surface area contributed by atoms with Crippen LogP contribution >= 0.6 is 11.8 Å². The van der Waals surface area contributed by atoms with Crippen LogP contribution in [0.4, 0.5) is 0 Å². The number of nitrogens with one attached hydrogen (secondary N) is 1. The van der Waals surface area contributed by atoms with Crippen molar-refractivity contribution in [2.45, 2.75) is 37.0 Å². The molecular weight excluding hydrogens is 384 g/mol. The standard InChI is InChI=1S/C22H24N4O2S/c1-28-19-9-5-8-17(12-19)13-23-20(27)15-29-22-25-24-21(18-10-11-18)26(22)14-16-6-3-2-4-7-16/h2-9,12,18H,10-11,13-15H2,1H3,(H,23,27). The number of carbonyl (C=O) groups excluding carboxylic acids is 1. The summed E-state index contributed by atoms with van der Waals surface area (Å²) in [6.45, 7) is 1.20. The summed E-state index contributed by atoms with van der Waals surface area (Å²) >= 11 is 1.44. The van der Waals surface area contributed by atoms with Crippen molar-refractivity contribution in [2.24, 2.45) is 0 Å². The molecule has 1 heterocycles. The van der Waals surface area contributed by atoms with E-state index in [9.17, 15) is 4.79 Å². The van der Waals surface area contributed by atoms with Gasteiger partial charge in [-0.15, -0.1) is 10.2 Å². The van der Waals surface area contributed by atoms with E-state index >= 15 is 0 Å². The molecule has 1 aliphatic rings. The van der Waals surface area contributed by atoms with Gasteiger partial charge in [0.1, 0.15) is 11.6 Å². The maximum Gasteiger partial charge on any atom is 0.230 e. The quantitative estimate of drug-likeness (QED) is 0.548. The molecule has 0 spiro atoms. The molecule has 4 rings (SSSR count). The van der Waals surface area contributed by atoms with E-state index in [4.69, 9.17) is 4.74 Å². The Labute approximate surface area is 174 Å². The van der Waals surface area contributed by atoms with Crippen LogP contribution in [0.5, 0.6) is 5.75 Å². The molecule has 3 aromatic rings. The predicted octanol–water partition coefficient (Wildman–Crippen LogP) is 3.62. The number of ether oxygens (including phenoxy) is 1. The maximum absolute atomic E-state index is 12.3. The lowest BCUT2D eigenvalue weighted by molar-refractivity contribution is -0.118. The Bertz CT molecular complexity index is 970. The van der Waals surface area contributed by atoms with Gasteiger partial charge in [-0.2, -0.15) is 0 Å². The Morgan fingerprint density at radius 2 is 1.93 bits per heavy atom. The van der Waals surface area contributed by atoms with E-state index in [1.807, 2.05) is 42.5 Å². The fraction of sp³-hybridized carbons (Fsp3) is 0.318. The van der Waals surface area contributed by atoms with Crippen LogP contribution in [0.3, 0.4) is 0 Å². The van der Waals surface area contributed by atoms with E-state index in [2.05, 4.69) is 32.2 Å². The van der Waals surface area contributed by atoms with Gasteiger partial charge in [0.15, 0.2) is 5.16 Å². The highest BCUT2D eigenvalue weighted by Gasteiger charge is 2.30. The van der Waals surface area contributed by atoms with Crippen LogP contribution in [0.2, 0.25) is 0 Å². The summed E-state index contributed by atoms with van der Waals surface area (Å²) in [4.78, 5) is 12.3. The van der Waals surface area contributed by atoms with Gasteiger partial charge < -0.3 is 14.6 Å². The van der Waals surface area contributed by atoms with E-state index in [1.165, 1.54) is 30.2 Å². The molecule has 0 saturated heterocycles. The number of hydrogen-bond donors (Lipinski definition) is 1. The minimum absolute atomic E-state index is 0.0277. The highest BCUT2D eigenvalue weighted by molar-refractivity contribution is 7.99. The minimum atomic E-state index is -0.0277. The molecule has 0 bridgehead atoms. The Balaban J connectivity index is 1.37. The monoisotopic (exact) mass is 408 g/mol. The minimum Gasteiger partial charge on any atom is -0.497 e. The summed E-state index contributed by atoms with van der Waals surface area (Å²) in [7, 11) is 1.63. The lowest BCUT2D eigenvalue weighted by atomic mass is 10.2. The first-order chi connectivity index (χ1) is 14.2. The highest BCUT2D eigenvalue weighted by Crippen LogP contribution is 2.40. The number of aromatic nitrogens is 3. The molecule has 29 heavy (non-hydrogen) atoms. The number of nitrogens with zero attached hydrogens (tertiary/aromatic N) is 3. The SMILES string of the molecule is COc1cccc(CNC(=O)CSc2nnc(C3CC3)n2Cc2ccccc2)c1. The van der Waals surface area contributed by atoms with Crippen molar-refractivity contribution in [1.82, 2.24) is 20.1 Å². The number of thioether (sulfide) groups is 1. The molecule has 0 unspecified atom stereocenters. The molecule has 1 saturated carbocycles. The topological polar surface area (TPSA) is 69.0 Å². The third kappa shape index (κ3) is 5.17. The van der Waals surface area contributed by atoms with Gasteiger partial charge in [0, 0.05) is 12.5 Å². The predicted molar refractivity (Wildman–Crippen MR) is 113 cm³/mol. The average Bonchev–Trinajstić information content (AvgIpc) is 3.53. The Morgan fingerprint density at radius 1 is 1.14 bits per heavy atom. The summed E-state index contributed by atoms with van der Waals surface area (Å²) in [5, 5.41) is 12.5. The maximum atomic E-state index is 12.3. The van der Waals surface area contributed by atoms with Crippen molar-refractivity contribution in [3.05, 3.63) is 71.5 Å². The first-order valence-corrected chi connectivity index (χ1v) is 10.7. The van der Waals surface area contributed by atoms with Gasteiger partial charge in [-0.25, -0.2) is 0 Å². The average molecular weight is 409 g/mol. The van der Waals surface area contributed by atoms with Crippen LogP contribution in [-0.2, 0) is 17.9 Å². The number of hydrogen-bond acceptors (Lipinski definition) is 5. The first kappa shape index (κ1) is 19.5. The number of amides is 1. The Kier molecular flexibility index (Phi) is 6.14. The van der Waals surface area contributed by atoms with Crippen LogP contribution < -0.4 is 10.1 Å². The number of carbonyl (C=O) groups is 1. The van der Waals surface area contributed by atoms with Crippen LogP contribution in [-0.4, -0.2) is 33.5 Å². The second-order valence-electron chi connectivity index (χ2n) is 7.10. The smallest absolute Gasteiger partial charge is 0.230 e. The van der Waals surface area contributed by atoms with Crippen molar-refractivity contribution in [1.29, 1.82) is 0 Å². The van der Waals surface area contributed by atoms with E-state index in [0.29, 0.717) is 18.2 Å². The molecule has 150 valence electrons. The second-order valence-corrected chi connectivity index (χ2v) is 8.05. The second kappa shape index (κ2) is 9.13. The van der Waals surface area contributed by atoms with Gasteiger partial charge in [-0.05, 0) is 36.1 Å². The third-order valence-corrected chi connectivity index (χ3v) is 5.79. The van der Waals surface area contributed by atoms with Crippen molar-refractivity contribution >= 4 is 17.7 Å². The first-order valence-electron chi connectivity index (χ1n) is 9.72. The molecule has 1 fully saturated rings. The Morgan fingerprint density at radius 3 is 2.69 bits per heavy atom. The van der Waals surface area contributed by atoms with Crippen molar-refractivity contribution < 1.29 is 9.53 Å². The summed E-state index contributed by atoms with van der Waals surface area (Å²) in [5.74, 6) is 2.60. The summed E-state index contributed by atoms with van der Waals surface area (Å²) in [6.07, 6.45) is 2.33. The third-order valence-electron chi connectivity index (χ3n) is 4.83. The lowest BCUT2D eigenvalue weighted by Crippen LogP contribution is -2.24. The van der Waals surface area contributed by atoms with Gasteiger partial charge in [-0.1, -0.05) is 54.2 Å². The van der Waals surface area contributed by atoms with Gasteiger partial charge in [0.05, 0.1) is 19.4 Å². The fourth-order valence-corrected chi connectivity index (χ4v) is 3.90. The molecule has 7 heteroatoms. The molecule has 1 amide bonds. The summed E-state index contributed by atoms with van der Waals surface area (Å²) < 4.78 is 7.38. The molecular formula is C22H24N4O2S. The zero-order valence-electron chi connectivity index (χ0n) is 16.4. The largest absolute Gasteiger partial charge is 0.497 e. The number of rotatable bonds is 9. The summed E-state index contributed by atoms with van der Waals surface area (Å²) in [5.41, 5.74) is 2.21. The zero-order valence-corrected chi connectivity index (χ0v) is 17.2. The zero-order chi connectivity index (χ0) is 20.1. The Hall–Kier alpha value is -2.80. The molecule has 1 N–H and O–H groups in total. The van der Waals surface area contributed by atoms with Crippen LogP contribution in [0.1, 0.15) is 35.7 Å². The van der Waals surface area contributed by atoms with E-state index in [1.54, 1.807) is 7.11 Å². The molecule has 6 nitrogen and oxygen atoms in total. The van der Waals surface area contributed by atoms with Crippen molar-refractivity contribution in [3.63, 3.8) is 0 Å². The van der Waals surface area contributed by atoms with Gasteiger partial charge in [-0.3, -0.25) is 4.79 Å². The number of methoxy groups -OCH3 is 1. The molecule has 0 atom stereocenters. The van der Waals surface area contributed by atoms with E-state index in [0.717, 1.165) is 28.8 Å². The van der Waals surface area contributed by atoms with Gasteiger partial charge >= 0.3 is 0 Å². The molecule has 2 aromatic carbocycles.